The van der Waals surface area contributed by atoms with E-state index in [2.05, 4.69) is 41.2 Å². The van der Waals surface area contributed by atoms with Gasteiger partial charge in [0, 0.05) is 38.3 Å². The van der Waals surface area contributed by atoms with Crippen LogP contribution >= 0.6 is 0 Å². The average molecular weight is 277 g/mol. The fourth-order valence-electron chi connectivity index (χ4n) is 2.75. The standard InChI is InChI=1S/C16H27N3O/c1-13-11-19(10-9-18(13)3)12-16(17-2)14-5-7-15(20-4)8-6-14/h5-8,13,16-17H,9-12H2,1-4H3. The lowest BCUT2D eigenvalue weighted by Gasteiger charge is -2.39. The van der Waals surface area contributed by atoms with Crippen molar-refractivity contribution in [2.24, 2.45) is 0 Å². The highest BCUT2D eigenvalue weighted by atomic mass is 16.5. The number of hydrogen-bond acceptors (Lipinski definition) is 4. The molecule has 1 N–H and O–H groups in total. The monoisotopic (exact) mass is 277 g/mol. The SMILES string of the molecule is CNC(CN1CCN(C)C(C)C1)c1ccc(OC)cc1. The molecule has 0 saturated carbocycles. The summed E-state index contributed by atoms with van der Waals surface area (Å²) in [6, 6.07) is 9.38. The number of benzene rings is 1. The summed E-state index contributed by atoms with van der Waals surface area (Å²) in [6.45, 7) is 6.80. The van der Waals surface area contributed by atoms with Gasteiger partial charge in [-0.1, -0.05) is 12.1 Å². The van der Waals surface area contributed by atoms with Crippen LogP contribution in [0.2, 0.25) is 0 Å². The fourth-order valence-corrected chi connectivity index (χ4v) is 2.75. The highest BCUT2D eigenvalue weighted by Gasteiger charge is 2.23. The minimum absolute atomic E-state index is 0.372. The molecule has 0 bridgehead atoms. The Labute approximate surface area is 122 Å². The van der Waals surface area contributed by atoms with Crippen molar-refractivity contribution in [3.63, 3.8) is 0 Å². The van der Waals surface area contributed by atoms with E-state index in [4.69, 9.17) is 4.74 Å². The van der Waals surface area contributed by atoms with Crippen LogP contribution in [-0.4, -0.2) is 63.2 Å². The molecule has 1 aromatic rings. The number of hydrogen-bond donors (Lipinski definition) is 1. The maximum absolute atomic E-state index is 5.22. The first-order valence-corrected chi connectivity index (χ1v) is 7.38. The summed E-state index contributed by atoms with van der Waals surface area (Å²) < 4.78 is 5.22. The van der Waals surface area contributed by atoms with Gasteiger partial charge in [0.05, 0.1) is 7.11 Å². The highest BCUT2D eigenvalue weighted by molar-refractivity contribution is 5.29. The van der Waals surface area contributed by atoms with E-state index < -0.39 is 0 Å². The predicted octanol–water partition coefficient (Wildman–Crippen LogP) is 1.59. The Kier molecular flexibility index (Phi) is 5.40. The van der Waals surface area contributed by atoms with E-state index in [-0.39, 0.29) is 0 Å². The molecule has 1 aliphatic heterocycles. The second-order valence-corrected chi connectivity index (χ2v) is 5.70. The van der Waals surface area contributed by atoms with Gasteiger partial charge in [-0.2, -0.15) is 0 Å². The van der Waals surface area contributed by atoms with Crippen LogP contribution in [0.1, 0.15) is 18.5 Å². The summed E-state index contributed by atoms with van der Waals surface area (Å²) >= 11 is 0. The molecule has 0 aromatic heterocycles. The van der Waals surface area contributed by atoms with Gasteiger partial charge in [-0.3, -0.25) is 4.90 Å². The number of rotatable bonds is 5. The lowest BCUT2D eigenvalue weighted by Crippen LogP contribution is -2.51. The Morgan fingerprint density at radius 1 is 1.30 bits per heavy atom. The second-order valence-electron chi connectivity index (χ2n) is 5.70. The smallest absolute Gasteiger partial charge is 0.118 e. The van der Waals surface area contributed by atoms with Crippen LogP contribution in [0.5, 0.6) is 5.75 Å². The van der Waals surface area contributed by atoms with Gasteiger partial charge >= 0.3 is 0 Å². The normalized spacial score (nSPS) is 22.7. The molecule has 2 unspecified atom stereocenters. The molecule has 1 saturated heterocycles. The summed E-state index contributed by atoms with van der Waals surface area (Å²) in [6.07, 6.45) is 0. The first-order chi connectivity index (χ1) is 9.63. The zero-order valence-electron chi connectivity index (χ0n) is 13.1. The van der Waals surface area contributed by atoms with Crippen molar-refractivity contribution in [1.29, 1.82) is 0 Å². The molecule has 0 aliphatic carbocycles. The van der Waals surface area contributed by atoms with Crippen molar-refractivity contribution >= 4 is 0 Å². The fraction of sp³-hybridized carbons (Fsp3) is 0.625. The van der Waals surface area contributed by atoms with E-state index in [1.165, 1.54) is 5.56 Å². The van der Waals surface area contributed by atoms with Crippen molar-refractivity contribution in [1.82, 2.24) is 15.1 Å². The molecular weight excluding hydrogens is 250 g/mol. The third-order valence-corrected chi connectivity index (χ3v) is 4.35. The van der Waals surface area contributed by atoms with Gasteiger partial charge in [-0.05, 0) is 38.7 Å². The molecule has 1 aliphatic rings. The average Bonchev–Trinajstić information content (AvgIpc) is 2.48. The predicted molar refractivity (Wildman–Crippen MR) is 83.3 cm³/mol. The quantitative estimate of drug-likeness (QED) is 0.884. The van der Waals surface area contributed by atoms with E-state index in [1.54, 1.807) is 7.11 Å². The molecule has 0 radical (unpaired) electrons. The number of likely N-dealkylation sites (N-methyl/N-ethyl adjacent to an activating group) is 2. The van der Waals surface area contributed by atoms with Crippen molar-refractivity contribution in [2.45, 2.75) is 19.0 Å². The molecular formula is C16H27N3O. The van der Waals surface area contributed by atoms with E-state index >= 15 is 0 Å². The summed E-state index contributed by atoms with van der Waals surface area (Å²) in [5, 5.41) is 3.43. The van der Waals surface area contributed by atoms with Gasteiger partial charge in [-0.25, -0.2) is 0 Å². The van der Waals surface area contributed by atoms with Crippen molar-refractivity contribution in [3.05, 3.63) is 29.8 Å². The molecule has 0 amide bonds. The minimum atomic E-state index is 0.372. The van der Waals surface area contributed by atoms with Crippen molar-refractivity contribution < 1.29 is 4.74 Å². The lowest BCUT2D eigenvalue weighted by atomic mass is 10.1. The number of nitrogens with zero attached hydrogens (tertiary/aromatic N) is 2. The maximum Gasteiger partial charge on any atom is 0.118 e. The molecule has 1 fully saturated rings. The molecule has 20 heavy (non-hydrogen) atoms. The second kappa shape index (κ2) is 7.07. The molecule has 2 rings (SSSR count). The summed E-state index contributed by atoms with van der Waals surface area (Å²) in [7, 11) is 5.95. The van der Waals surface area contributed by atoms with Gasteiger partial charge < -0.3 is 15.0 Å². The lowest BCUT2D eigenvalue weighted by molar-refractivity contribution is 0.0977. The topological polar surface area (TPSA) is 27.7 Å². The van der Waals surface area contributed by atoms with Crippen LogP contribution < -0.4 is 10.1 Å². The zero-order chi connectivity index (χ0) is 14.5. The Balaban J connectivity index is 1.97. The summed E-state index contributed by atoms with van der Waals surface area (Å²) in [5.74, 6) is 0.914. The van der Waals surface area contributed by atoms with Gasteiger partial charge in [-0.15, -0.1) is 0 Å². The first kappa shape index (κ1) is 15.3. The molecule has 4 nitrogen and oxygen atoms in total. The van der Waals surface area contributed by atoms with Crippen LogP contribution in [0, 0.1) is 0 Å². The van der Waals surface area contributed by atoms with Gasteiger partial charge in [0.2, 0.25) is 0 Å². The van der Waals surface area contributed by atoms with Crippen LogP contribution in [0.15, 0.2) is 24.3 Å². The zero-order valence-corrected chi connectivity index (χ0v) is 13.1. The number of piperazine rings is 1. The maximum atomic E-state index is 5.22. The van der Waals surface area contributed by atoms with E-state index in [9.17, 15) is 0 Å². The first-order valence-electron chi connectivity index (χ1n) is 7.38. The third-order valence-electron chi connectivity index (χ3n) is 4.35. The Hall–Kier alpha value is -1.10. The van der Waals surface area contributed by atoms with Crippen LogP contribution in [0.4, 0.5) is 0 Å². The van der Waals surface area contributed by atoms with E-state index in [0.717, 1.165) is 31.9 Å². The van der Waals surface area contributed by atoms with Gasteiger partial charge in [0.15, 0.2) is 0 Å². The van der Waals surface area contributed by atoms with Crippen molar-refractivity contribution in [3.8, 4) is 5.75 Å². The van der Waals surface area contributed by atoms with Crippen LogP contribution in [-0.2, 0) is 0 Å². The number of methoxy groups -OCH3 is 1. The Bertz CT molecular complexity index is 407. The van der Waals surface area contributed by atoms with Gasteiger partial charge in [0.25, 0.3) is 0 Å². The molecule has 4 heteroatoms. The van der Waals surface area contributed by atoms with E-state index in [0.29, 0.717) is 12.1 Å². The Morgan fingerprint density at radius 3 is 2.55 bits per heavy atom. The molecule has 1 heterocycles. The summed E-state index contributed by atoms with van der Waals surface area (Å²) in [5.41, 5.74) is 1.32. The summed E-state index contributed by atoms with van der Waals surface area (Å²) in [4.78, 5) is 4.98. The van der Waals surface area contributed by atoms with E-state index in [1.807, 2.05) is 19.2 Å². The third kappa shape index (κ3) is 3.72. The van der Waals surface area contributed by atoms with Crippen molar-refractivity contribution in [2.75, 3.05) is 47.4 Å². The van der Waals surface area contributed by atoms with Gasteiger partial charge in [0.1, 0.15) is 5.75 Å². The highest BCUT2D eigenvalue weighted by Crippen LogP contribution is 2.19. The molecule has 2 atom stereocenters. The van der Waals surface area contributed by atoms with Crippen LogP contribution in [0.3, 0.4) is 0 Å². The largest absolute Gasteiger partial charge is 0.497 e. The number of nitrogens with one attached hydrogen (secondary N) is 1. The molecule has 1 aromatic carbocycles. The minimum Gasteiger partial charge on any atom is -0.497 e. The molecule has 112 valence electrons. The molecule has 0 spiro atoms. The number of ether oxygens (including phenoxy) is 1. The van der Waals surface area contributed by atoms with Crippen LogP contribution in [0.25, 0.3) is 0 Å². The Morgan fingerprint density at radius 2 is 2.00 bits per heavy atom.